The molecule has 0 heterocycles. The average Bonchev–Trinajstić information content (AvgIpc) is 1.27. The summed E-state index contributed by atoms with van der Waals surface area (Å²) >= 11 is 0. The number of carboxylic acid groups (broad SMARTS) is 1. The highest BCUT2D eigenvalue weighted by Crippen LogP contribution is 1.85. The summed E-state index contributed by atoms with van der Waals surface area (Å²) in [6.45, 7) is 1.44. The first-order valence-electron chi connectivity index (χ1n) is 2.03. The van der Waals surface area contributed by atoms with Gasteiger partial charge in [0.25, 0.3) is 0 Å². The van der Waals surface area contributed by atoms with Crippen LogP contribution in [0.15, 0.2) is 0 Å². The molecule has 0 spiro atoms. The Labute approximate surface area is 47.1 Å². The molecule has 0 aromatic rings. The molecule has 8 heavy (non-hydrogen) atoms. The van der Waals surface area contributed by atoms with Gasteiger partial charge in [0, 0.05) is 0 Å². The van der Waals surface area contributed by atoms with Crippen LogP contribution in [0.3, 0.4) is 0 Å². The molecular weight excluding hydrogens is 112 g/mol. The molecule has 0 radical (unpaired) electrons. The Kier molecular flexibility index (Phi) is 5.90. The third kappa shape index (κ3) is 9.04. The maximum atomic E-state index is 9.65. The van der Waals surface area contributed by atoms with Gasteiger partial charge in [-0.25, -0.2) is 0 Å². The van der Waals surface area contributed by atoms with Gasteiger partial charge in [0.15, 0.2) is 0 Å². The molecule has 0 aliphatic heterocycles. The molecule has 0 saturated heterocycles. The molecule has 0 aliphatic carbocycles. The summed E-state index contributed by atoms with van der Waals surface area (Å²) in [6, 6.07) is 0. The van der Waals surface area contributed by atoms with Gasteiger partial charge in [0.05, 0.1) is 12.5 Å². The van der Waals surface area contributed by atoms with Crippen LogP contribution in [0.1, 0.15) is 13.3 Å². The molecule has 0 aromatic carbocycles. The molecular formula is C4H10O4. The van der Waals surface area contributed by atoms with Gasteiger partial charge in [-0.3, -0.25) is 4.79 Å². The lowest BCUT2D eigenvalue weighted by molar-refractivity contribution is -0.138. The van der Waals surface area contributed by atoms with E-state index in [0.29, 0.717) is 0 Å². The second kappa shape index (κ2) is 4.55. The lowest BCUT2D eigenvalue weighted by atomic mass is 10.3. The first-order chi connectivity index (χ1) is 3.13. The van der Waals surface area contributed by atoms with E-state index in [-0.39, 0.29) is 11.9 Å². The quantitative estimate of drug-likeness (QED) is 0.493. The first kappa shape index (κ1) is 10.4. The SMILES string of the molecule is CC(O)CC(=O)O.O. The van der Waals surface area contributed by atoms with Crippen LogP contribution in [0, 0.1) is 0 Å². The van der Waals surface area contributed by atoms with Gasteiger partial charge < -0.3 is 15.7 Å². The van der Waals surface area contributed by atoms with E-state index in [1.165, 1.54) is 6.92 Å². The molecule has 0 bridgehead atoms. The van der Waals surface area contributed by atoms with Crippen LogP contribution in [0.5, 0.6) is 0 Å². The molecule has 4 heteroatoms. The van der Waals surface area contributed by atoms with Crippen molar-refractivity contribution in [2.45, 2.75) is 19.4 Å². The minimum Gasteiger partial charge on any atom is -0.481 e. The fourth-order valence-corrected chi connectivity index (χ4v) is 0.253. The van der Waals surface area contributed by atoms with Crippen molar-refractivity contribution in [3.63, 3.8) is 0 Å². The monoisotopic (exact) mass is 122 g/mol. The topological polar surface area (TPSA) is 89.0 Å². The predicted octanol–water partition coefficient (Wildman–Crippen LogP) is -0.983. The smallest absolute Gasteiger partial charge is 0.305 e. The van der Waals surface area contributed by atoms with Gasteiger partial charge in [-0.1, -0.05) is 0 Å². The summed E-state index contributed by atoms with van der Waals surface area (Å²) in [5.41, 5.74) is 0. The van der Waals surface area contributed by atoms with Gasteiger partial charge >= 0.3 is 5.97 Å². The van der Waals surface area contributed by atoms with Gasteiger partial charge in [0.2, 0.25) is 0 Å². The third-order valence-corrected chi connectivity index (χ3v) is 0.470. The second-order valence-electron chi connectivity index (χ2n) is 1.45. The summed E-state index contributed by atoms with van der Waals surface area (Å²) < 4.78 is 0. The lowest BCUT2D eigenvalue weighted by Crippen LogP contribution is -2.07. The molecule has 0 aromatic heterocycles. The summed E-state index contributed by atoms with van der Waals surface area (Å²) in [4.78, 5) is 9.65. The zero-order chi connectivity index (χ0) is 5.86. The van der Waals surface area contributed by atoms with Crippen LogP contribution < -0.4 is 0 Å². The number of rotatable bonds is 2. The number of aliphatic hydroxyl groups is 1. The van der Waals surface area contributed by atoms with E-state index in [4.69, 9.17) is 10.2 Å². The number of hydrogen-bond acceptors (Lipinski definition) is 2. The minimum absolute atomic E-state index is 0. The summed E-state index contributed by atoms with van der Waals surface area (Å²) in [5.74, 6) is -0.963. The van der Waals surface area contributed by atoms with Crippen molar-refractivity contribution in [2.75, 3.05) is 0 Å². The zero-order valence-electron chi connectivity index (χ0n) is 4.59. The number of carboxylic acids is 1. The molecule has 4 nitrogen and oxygen atoms in total. The molecule has 4 N–H and O–H groups in total. The van der Waals surface area contributed by atoms with Crippen LogP contribution in [0.25, 0.3) is 0 Å². The van der Waals surface area contributed by atoms with Crippen molar-refractivity contribution in [1.29, 1.82) is 0 Å². The minimum atomic E-state index is -0.963. The fourth-order valence-electron chi connectivity index (χ4n) is 0.253. The van der Waals surface area contributed by atoms with Crippen LogP contribution in [-0.2, 0) is 4.79 Å². The second-order valence-corrected chi connectivity index (χ2v) is 1.45. The number of carbonyl (C=O) groups is 1. The summed E-state index contributed by atoms with van der Waals surface area (Å²) in [7, 11) is 0. The Hall–Kier alpha value is -0.610. The highest BCUT2D eigenvalue weighted by Gasteiger charge is 2.00. The Morgan fingerprint density at radius 2 is 2.12 bits per heavy atom. The molecule has 50 valence electrons. The largest absolute Gasteiger partial charge is 0.481 e. The van der Waals surface area contributed by atoms with Gasteiger partial charge in [-0.15, -0.1) is 0 Å². The van der Waals surface area contributed by atoms with Crippen molar-refractivity contribution in [3.8, 4) is 0 Å². The normalized spacial score (nSPS) is 11.8. The number of aliphatic hydroxyl groups excluding tert-OH is 1. The van der Waals surface area contributed by atoms with Crippen LogP contribution in [-0.4, -0.2) is 27.8 Å². The first-order valence-corrected chi connectivity index (χ1v) is 2.03. The van der Waals surface area contributed by atoms with E-state index < -0.39 is 12.1 Å². The maximum absolute atomic E-state index is 9.65. The maximum Gasteiger partial charge on any atom is 0.305 e. The molecule has 1 atom stereocenters. The van der Waals surface area contributed by atoms with E-state index >= 15 is 0 Å². The van der Waals surface area contributed by atoms with Gasteiger partial charge in [0.1, 0.15) is 0 Å². The van der Waals surface area contributed by atoms with Crippen molar-refractivity contribution < 1.29 is 20.5 Å². The predicted molar refractivity (Wildman–Crippen MR) is 27.5 cm³/mol. The Morgan fingerprint density at radius 3 is 2.12 bits per heavy atom. The van der Waals surface area contributed by atoms with Gasteiger partial charge in [-0.05, 0) is 6.92 Å². The molecule has 0 amide bonds. The highest BCUT2D eigenvalue weighted by atomic mass is 16.4. The van der Waals surface area contributed by atoms with Crippen molar-refractivity contribution in [3.05, 3.63) is 0 Å². The lowest BCUT2D eigenvalue weighted by Gasteiger charge is -1.94. The number of aliphatic carboxylic acids is 1. The Morgan fingerprint density at radius 1 is 1.75 bits per heavy atom. The van der Waals surface area contributed by atoms with E-state index in [2.05, 4.69) is 0 Å². The van der Waals surface area contributed by atoms with Gasteiger partial charge in [-0.2, -0.15) is 0 Å². The fraction of sp³-hybridized carbons (Fsp3) is 0.750. The highest BCUT2D eigenvalue weighted by molar-refractivity contribution is 5.67. The third-order valence-electron chi connectivity index (χ3n) is 0.470. The molecule has 1 unspecified atom stereocenters. The van der Waals surface area contributed by atoms with E-state index in [9.17, 15) is 4.79 Å². The van der Waals surface area contributed by atoms with E-state index in [1.807, 2.05) is 0 Å². The van der Waals surface area contributed by atoms with Crippen LogP contribution in [0.2, 0.25) is 0 Å². The molecule has 0 rings (SSSR count). The van der Waals surface area contributed by atoms with Crippen molar-refractivity contribution in [2.24, 2.45) is 0 Å². The standard InChI is InChI=1S/C4H8O3.H2O/c1-3(5)2-4(6)7;/h3,5H,2H2,1H3,(H,6,7);1H2. The molecule has 0 aliphatic rings. The molecule has 0 saturated carbocycles. The number of hydrogen-bond donors (Lipinski definition) is 2. The summed E-state index contributed by atoms with van der Waals surface area (Å²) in [5, 5.41) is 16.3. The van der Waals surface area contributed by atoms with E-state index in [1.54, 1.807) is 0 Å². The zero-order valence-corrected chi connectivity index (χ0v) is 4.59. The van der Waals surface area contributed by atoms with Crippen LogP contribution in [0.4, 0.5) is 0 Å². The molecule has 0 fully saturated rings. The van der Waals surface area contributed by atoms with Crippen molar-refractivity contribution >= 4 is 5.97 Å². The van der Waals surface area contributed by atoms with Crippen molar-refractivity contribution in [1.82, 2.24) is 0 Å². The Bertz CT molecular complexity index is 68.4. The average molecular weight is 122 g/mol. The van der Waals surface area contributed by atoms with E-state index in [0.717, 1.165) is 0 Å². The Balaban J connectivity index is 0. The van der Waals surface area contributed by atoms with Crippen LogP contribution >= 0.6 is 0 Å². The summed E-state index contributed by atoms with van der Waals surface area (Å²) in [6.07, 6.45) is -0.891.